The van der Waals surface area contributed by atoms with Gasteiger partial charge >= 0.3 is 0 Å². The minimum atomic E-state index is -0.582. The highest BCUT2D eigenvalue weighted by molar-refractivity contribution is 6.08. The smallest absolute Gasteiger partial charge is 0.252 e. The van der Waals surface area contributed by atoms with Gasteiger partial charge in [0.15, 0.2) is 11.5 Å². The van der Waals surface area contributed by atoms with Gasteiger partial charge in [-0.25, -0.2) is 0 Å². The molecule has 3 aromatic rings. The van der Waals surface area contributed by atoms with Gasteiger partial charge in [0.25, 0.3) is 5.91 Å². The summed E-state index contributed by atoms with van der Waals surface area (Å²) in [5.41, 5.74) is 8.82. The molecule has 170 valence electrons. The van der Waals surface area contributed by atoms with Gasteiger partial charge in [0.2, 0.25) is 0 Å². The SMILES string of the molecule is COc1cc2ncc(C(N)=O)c(Nc3cccc(OC)c3C)c2cc1OCCNC(C)C. The number of fused-ring (bicyclic) bond motifs is 1. The van der Waals surface area contributed by atoms with Crippen molar-refractivity contribution in [1.82, 2.24) is 10.3 Å². The molecule has 1 amide bonds. The van der Waals surface area contributed by atoms with E-state index < -0.39 is 5.91 Å². The van der Waals surface area contributed by atoms with E-state index in [4.69, 9.17) is 19.9 Å². The Morgan fingerprint density at radius 3 is 2.53 bits per heavy atom. The van der Waals surface area contributed by atoms with Gasteiger partial charge in [-0.15, -0.1) is 0 Å². The average molecular weight is 439 g/mol. The highest BCUT2D eigenvalue weighted by Gasteiger charge is 2.18. The predicted octanol–water partition coefficient (Wildman–Crippen LogP) is 3.78. The van der Waals surface area contributed by atoms with Crippen molar-refractivity contribution in [2.75, 3.05) is 32.7 Å². The van der Waals surface area contributed by atoms with Crippen LogP contribution >= 0.6 is 0 Å². The molecular weight excluding hydrogens is 408 g/mol. The second kappa shape index (κ2) is 10.2. The summed E-state index contributed by atoms with van der Waals surface area (Å²) in [6.45, 7) is 7.24. The lowest BCUT2D eigenvalue weighted by Crippen LogP contribution is -2.27. The molecule has 1 aromatic heterocycles. The molecule has 8 nitrogen and oxygen atoms in total. The number of carbonyl (C=O) groups is 1. The van der Waals surface area contributed by atoms with E-state index in [0.29, 0.717) is 47.3 Å². The van der Waals surface area contributed by atoms with Crippen molar-refractivity contribution in [2.24, 2.45) is 5.73 Å². The number of hydrogen-bond donors (Lipinski definition) is 3. The topological polar surface area (TPSA) is 108 Å². The number of methoxy groups -OCH3 is 2. The van der Waals surface area contributed by atoms with Gasteiger partial charge in [-0.2, -0.15) is 0 Å². The number of ether oxygens (including phenoxy) is 3. The first-order valence-corrected chi connectivity index (χ1v) is 10.4. The Kier molecular flexibility index (Phi) is 7.37. The number of benzene rings is 2. The van der Waals surface area contributed by atoms with Gasteiger partial charge < -0.3 is 30.6 Å². The molecule has 0 atom stereocenters. The zero-order valence-corrected chi connectivity index (χ0v) is 19.1. The summed E-state index contributed by atoms with van der Waals surface area (Å²) in [6.07, 6.45) is 1.47. The van der Waals surface area contributed by atoms with Crippen LogP contribution in [0.15, 0.2) is 36.5 Å². The van der Waals surface area contributed by atoms with Crippen molar-refractivity contribution in [3.63, 3.8) is 0 Å². The molecule has 0 aliphatic carbocycles. The number of carbonyl (C=O) groups excluding carboxylic acids is 1. The van der Waals surface area contributed by atoms with E-state index in [1.165, 1.54) is 6.20 Å². The Labute approximate surface area is 188 Å². The number of pyridine rings is 1. The quantitative estimate of drug-likeness (QED) is 0.414. The minimum Gasteiger partial charge on any atom is -0.496 e. The molecule has 0 saturated carbocycles. The number of amides is 1. The number of aromatic nitrogens is 1. The van der Waals surface area contributed by atoms with Gasteiger partial charge in [0.05, 0.1) is 31.0 Å². The molecular formula is C24H30N4O4. The number of rotatable bonds is 10. The van der Waals surface area contributed by atoms with Gasteiger partial charge in [0.1, 0.15) is 12.4 Å². The Morgan fingerprint density at radius 1 is 1.12 bits per heavy atom. The van der Waals surface area contributed by atoms with Crippen molar-refractivity contribution in [2.45, 2.75) is 26.8 Å². The third kappa shape index (κ3) is 5.03. The number of nitrogens with zero attached hydrogens (tertiary/aromatic N) is 1. The first kappa shape index (κ1) is 23.1. The lowest BCUT2D eigenvalue weighted by molar-refractivity contribution is 0.100. The third-order valence-electron chi connectivity index (χ3n) is 5.09. The van der Waals surface area contributed by atoms with E-state index in [0.717, 1.165) is 17.0 Å². The summed E-state index contributed by atoms with van der Waals surface area (Å²) in [5, 5.41) is 7.36. The van der Waals surface area contributed by atoms with Crippen LogP contribution in [0, 0.1) is 6.92 Å². The number of primary amides is 1. The lowest BCUT2D eigenvalue weighted by Gasteiger charge is -2.18. The fourth-order valence-electron chi connectivity index (χ4n) is 3.41. The molecule has 0 saturated heterocycles. The van der Waals surface area contributed by atoms with Crippen molar-refractivity contribution < 1.29 is 19.0 Å². The largest absolute Gasteiger partial charge is 0.496 e. The second-order valence-corrected chi connectivity index (χ2v) is 7.65. The summed E-state index contributed by atoms with van der Waals surface area (Å²) in [4.78, 5) is 16.6. The van der Waals surface area contributed by atoms with Crippen LogP contribution < -0.4 is 30.6 Å². The number of anilines is 2. The molecule has 1 heterocycles. The van der Waals surface area contributed by atoms with Crippen LogP contribution in [-0.4, -0.2) is 44.3 Å². The Hall–Kier alpha value is -3.52. The molecule has 0 aliphatic heterocycles. The molecule has 0 aliphatic rings. The molecule has 0 radical (unpaired) electrons. The average Bonchev–Trinajstić information content (AvgIpc) is 2.77. The minimum absolute atomic E-state index is 0.275. The highest BCUT2D eigenvalue weighted by atomic mass is 16.5. The summed E-state index contributed by atoms with van der Waals surface area (Å²) in [5.74, 6) is 1.27. The maximum Gasteiger partial charge on any atom is 0.252 e. The first-order chi connectivity index (χ1) is 15.3. The van der Waals surface area contributed by atoms with Crippen LogP contribution in [0.3, 0.4) is 0 Å². The van der Waals surface area contributed by atoms with E-state index in [-0.39, 0.29) is 5.56 Å². The summed E-state index contributed by atoms with van der Waals surface area (Å²) in [7, 11) is 3.20. The van der Waals surface area contributed by atoms with Crippen molar-refractivity contribution >= 4 is 28.2 Å². The fourth-order valence-corrected chi connectivity index (χ4v) is 3.41. The molecule has 0 bridgehead atoms. The second-order valence-electron chi connectivity index (χ2n) is 7.65. The van der Waals surface area contributed by atoms with Crippen LogP contribution in [0.25, 0.3) is 10.9 Å². The Morgan fingerprint density at radius 2 is 1.88 bits per heavy atom. The van der Waals surface area contributed by atoms with Crippen LogP contribution in [0.1, 0.15) is 29.8 Å². The Bertz CT molecular complexity index is 1110. The highest BCUT2D eigenvalue weighted by Crippen LogP contribution is 2.38. The number of nitrogens with one attached hydrogen (secondary N) is 2. The van der Waals surface area contributed by atoms with Crippen LogP contribution in [0.2, 0.25) is 0 Å². The lowest BCUT2D eigenvalue weighted by atomic mass is 10.1. The van der Waals surface area contributed by atoms with E-state index in [9.17, 15) is 4.79 Å². The Balaban J connectivity index is 2.09. The zero-order chi connectivity index (χ0) is 23.3. The molecule has 2 aromatic carbocycles. The predicted molar refractivity (Wildman–Crippen MR) is 126 cm³/mol. The summed E-state index contributed by atoms with van der Waals surface area (Å²) >= 11 is 0. The molecule has 3 rings (SSSR count). The van der Waals surface area contributed by atoms with Crippen molar-refractivity contribution in [3.05, 3.63) is 47.7 Å². The van der Waals surface area contributed by atoms with Gasteiger partial charge in [0, 0.05) is 41.5 Å². The normalized spacial score (nSPS) is 10.9. The maximum absolute atomic E-state index is 12.2. The fraction of sp³-hybridized carbons (Fsp3) is 0.333. The standard InChI is InChI=1S/C24H30N4O4/c1-14(2)26-9-10-32-22-11-16-19(12-21(22)31-5)27-13-17(24(25)29)23(16)28-18-7-6-8-20(30-4)15(18)3/h6-8,11-14,26H,9-10H2,1-5H3,(H2,25,29)(H,27,28). The third-order valence-corrected chi connectivity index (χ3v) is 5.09. The molecule has 0 fully saturated rings. The monoisotopic (exact) mass is 438 g/mol. The number of hydrogen-bond acceptors (Lipinski definition) is 7. The van der Waals surface area contributed by atoms with Gasteiger partial charge in [-0.3, -0.25) is 9.78 Å². The molecule has 0 unspecified atom stereocenters. The van der Waals surface area contributed by atoms with E-state index in [1.54, 1.807) is 20.3 Å². The van der Waals surface area contributed by atoms with Crippen molar-refractivity contribution in [3.8, 4) is 17.2 Å². The van der Waals surface area contributed by atoms with Crippen LogP contribution in [-0.2, 0) is 0 Å². The van der Waals surface area contributed by atoms with E-state index >= 15 is 0 Å². The van der Waals surface area contributed by atoms with Gasteiger partial charge in [-0.1, -0.05) is 19.9 Å². The summed E-state index contributed by atoms with van der Waals surface area (Å²) < 4.78 is 16.9. The number of nitrogens with two attached hydrogens (primary N) is 1. The maximum atomic E-state index is 12.2. The van der Waals surface area contributed by atoms with Crippen molar-refractivity contribution in [1.29, 1.82) is 0 Å². The first-order valence-electron chi connectivity index (χ1n) is 10.4. The van der Waals surface area contributed by atoms with Gasteiger partial charge in [-0.05, 0) is 25.1 Å². The van der Waals surface area contributed by atoms with E-state index in [2.05, 4.69) is 29.5 Å². The van der Waals surface area contributed by atoms with Crippen LogP contribution in [0.5, 0.6) is 17.2 Å². The molecule has 4 N–H and O–H groups in total. The molecule has 0 spiro atoms. The molecule has 8 heteroatoms. The van der Waals surface area contributed by atoms with E-state index in [1.807, 2.05) is 31.2 Å². The zero-order valence-electron chi connectivity index (χ0n) is 19.1. The summed E-state index contributed by atoms with van der Waals surface area (Å²) in [6, 6.07) is 9.63. The molecule has 32 heavy (non-hydrogen) atoms. The van der Waals surface area contributed by atoms with Crippen LogP contribution in [0.4, 0.5) is 11.4 Å².